The van der Waals surface area contributed by atoms with Gasteiger partial charge in [0.15, 0.2) is 0 Å². The molecular formula is C15H16F3NO. The molecular weight excluding hydrogens is 267 g/mol. The van der Waals surface area contributed by atoms with Crippen molar-refractivity contribution in [1.29, 1.82) is 0 Å². The Morgan fingerprint density at radius 2 is 1.85 bits per heavy atom. The molecule has 1 aromatic rings. The van der Waals surface area contributed by atoms with E-state index in [4.69, 9.17) is 0 Å². The largest absolute Gasteiger partial charge is 0.416 e. The van der Waals surface area contributed by atoms with Gasteiger partial charge in [0.05, 0.1) is 11.6 Å². The Kier molecular flexibility index (Phi) is 3.22. The molecule has 3 rings (SSSR count). The van der Waals surface area contributed by atoms with Gasteiger partial charge in [0.1, 0.15) is 0 Å². The Balaban J connectivity index is 1.93. The van der Waals surface area contributed by atoms with Gasteiger partial charge in [-0.1, -0.05) is 18.2 Å². The maximum Gasteiger partial charge on any atom is 0.416 e. The minimum Gasteiger partial charge on any atom is -0.335 e. The molecule has 0 aromatic heterocycles. The van der Waals surface area contributed by atoms with Crippen molar-refractivity contribution in [3.8, 4) is 0 Å². The SMILES string of the molecule is O=C(C1CC1)N1CCC[C@@H]1c1ccccc1C(F)(F)F. The summed E-state index contributed by atoms with van der Waals surface area (Å²) < 4.78 is 39.3. The van der Waals surface area contributed by atoms with Gasteiger partial charge in [-0.3, -0.25) is 4.79 Å². The van der Waals surface area contributed by atoms with Crippen molar-refractivity contribution in [1.82, 2.24) is 4.90 Å². The lowest BCUT2D eigenvalue weighted by atomic mass is 9.98. The van der Waals surface area contributed by atoms with Gasteiger partial charge >= 0.3 is 6.18 Å². The zero-order valence-corrected chi connectivity index (χ0v) is 11.0. The average Bonchev–Trinajstić information content (AvgIpc) is 3.14. The number of benzene rings is 1. The van der Waals surface area contributed by atoms with Gasteiger partial charge in [0.2, 0.25) is 5.91 Å². The molecule has 1 saturated carbocycles. The molecule has 1 amide bonds. The van der Waals surface area contributed by atoms with Gasteiger partial charge in [-0.05, 0) is 37.3 Å². The highest BCUT2D eigenvalue weighted by molar-refractivity contribution is 5.81. The summed E-state index contributed by atoms with van der Waals surface area (Å²) in [5, 5.41) is 0. The molecule has 5 heteroatoms. The van der Waals surface area contributed by atoms with E-state index in [-0.39, 0.29) is 17.4 Å². The van der Waals surface area contributed by atoms with Crippen molar-refractivity contribution >= 4 is 5.91 Å². The second-order valence-corrected chi connectivity index (χ2v) is 5.55. The summed E-state index contributed by atoms with van der Waals surface area (Å²) in [5.41, 5.74) is -0.369. The number of carbonyl (C=O) groups excluding carboxylic acids is 1. The van der Waals surface area contributed by atoms with E-state index >= 15 is 0 Å². The fourth-order valence-electron chi connectivity index (χ4n) is 2.96. The van der Waals surface area contributed by atoms with E-state index in [0.717, 1.165) is 25.3 Å². The van der Waals surface area contributed by atoms with E-state index in [1.807, 2.05) is 0 Å². The Labute approximate surface area is 115 Å². The molecule has 1 heterocycles. The predicted molar refractivity (Wildman–Crippen MR) is 67.9 cm³/mol. The second-order valence-electron chi connectivity index (χ2n) is 5.55. The number of rotatable bonds is 2. The zero-order chi connectivity index (χ0) is 14.3. The quantitative estimate of drug-likeness (QED) is 0.809. The molecule has 1 aliphatic heterocycles. The van der Waals surface area contributed by atoms with E-state index in [2.05, 4.69) is 0 Å². The molecule has 108 valence electrons. The maximum atomic E-state index is 13.1. The lowest BCUT2D eigenvalue weighted by Gasteiger charge is -2.27. The highest BCUT2D eigenvalue weighted by Gasteiger charge is 2.42. The molecule has 0 bridgehead atoms. The van der Waals surface area contributed by atoms with E-state index in [0.29, 0.717) is 13.0 Å². The van der Waals surface area contributed by atoms with E-state index in [9.17, 15) is 18.0 Å². The lowest BCUT2D eigenvalue weighted by molar-refractivity contribution is -0.140. The summed E-state index contributed by atoms with van der Waals surface area (Å²) in [6, 6.07) is 5.21. The molecule has 2 fully saturated rings. The van der Waals surface area contributed by atoms with Crippen molar-refractivity contribution in [3.05, 3.63) is 35.4 Å². The van der Waals surface area contributed by atoms with Crippen LogP contribution >= 0.6 is 0 Å². The van der Waals surface area contributed by atoms with Crippen molar-refractivity contribution in [2.75, 3.05) is 6.54 Å². The van der Waals surface area contributed by atoms with Crippen molar-refractivity contribution in [2.24, 2.45) is 5.92 Å². The van der Waals surface area contributed by atoms with Gasteiger partial charge < -0.3 is 4.90 Å². The summed E-state index contributed by atoms with van der Waals surface area (Å²) in [7, 11) is 0. The number of carbonyl (C=O) groups is 1. The average molecular weight is 283 g/mol. The summed E-state index contributed by atoms with van der Waals surface area (Å²) in [4.78, 5) is 13.9. The number of hydrogen-bond acceptors (Lipinski definition) is 1. The second kappa shape index (κ2) is 4.79. The number of likely N-dealkylation sites (tertiary alicyclic amines) is 1. The summed E-state index contributed by atoms with van der Waals surface area (Å²) in [5.74, 6) is 0.0816. The Morgan fingerprint density at radius 3 is 2.50 bits per heavy atom. The molecule has 1 atom stereocenters. The van der Waals surface area contributed by atoms with Crippen LogP contribution in [0.3, 0.4) is 0 Å². The molecule has 2 aliphatic rings. The minimum atomic E-state index is -4.37. The fraction of sp³-hybridized carbons (Fsp3) is 0.533. The minimum absolute atomic E-state index is 0.0319. The molecule has 1 aliphatic carbocycles. The maximum absolute atomic E-state index is 13.1. The first-order valence-electron chi connectivity index (χ1n) is 6.95. The summed E-state index contributed by atoms with van der Waals surface area (Å²) in [6.07, 6.45) is -1.22. The van der Waals surface area contributed by atoms with Crippen LogP contribution in [0.4, 0.5) is 13.2 Å². The number of nitrogens with zero attached hydrogens (tertiary/aromatic N) is 1. The summed E-state index contributed by atoms with van der Waals surface area (Å²) >= 11 is 0. The van der Waals surface area contributed by atoms with Crippen LogP contribution in [0.5, 0.6) is 0 Å². The zero-order valence-electron chi connectivity index (χ0n) is 11.0. The molecule has 1 saturated heterocycles. The first-order valence-corrected chi connectivity index (χ1v) is 6.95. The predicted octanol–water partition coefficient (Wildman–Crippen LogP) is 3.78. The monoisotopic (exact) mass is 283 g/mol. The van der Waals surface area contributed by atoms with Crippen molar-refractivity contribution in [2.45, 2.75) is 37.9 Å². The van der Waals surface area contributed by atoms with Crippen LogP contribution in [0.15, 0.2) is 24.3 Å². The number of hydrogen-bond donors (Lipinski definition) is 0. The summed E-state index contributed by atoms with van der Waals surface area (Å²) in [6.45, 7) is 0.576. The van der Waals surface area contributed by atoms with Crippen LogP contribution in [-0.4, -0.2) is 17.4 Å². The van der Waals surface area contributed by atoms with Gasteiger partial charge in [-0.15, -0.1) is 0 Å². The molecule has 20 heavy (non-hydrogen) atoms. The molecule has 0 radical (unpaired) electrons. The van der Waals surface area contributed by atoms with Crippen LogP contribution in [0.25, 0.3) is 0 Å². The Hall–Kier alpha value is -1.52. The van der Waals surface area contributed by atoms with E-state index < -0.39 is 17.8 Å². The molecule has 0 spiro atoms. The molecule has 2 nitrogen and oxygen atoms in total. The number of amides is 1. The van der Waals surface area contributed by atoms with Gasteiger partial charge in [-0.25, -0.2) is 0 Å². The third-order valence-corrected chi connectivity index (χ3v) is 4.09. The first-order chi connectivity index (χ1) is 9.48. The number of halogens is 3. The molecule has 0 unspecified atom stereocenters. The molecule has 1 aromatic carbocycles. The number of alkyl halides is 3. The highest BCUT2D eigenvalue weighted by atomic mass is 19.4. The Morgan fingerprint density at radius 1 is 1.15 bits per heavy atom. The van der Waals surface area contributed by atoms with E-state index in [1.54, 1.807) is 11.0 Å². The third kappa shape index (κ3) is 2.41. The first kappa shape index (κ1) is 13.5. The van der Waals surface area contributed by atoms with Crippen LogP contribution in [-0.2, 0) is 11.0 Å². The van der Waals surface area contributed by atoms with Crippen LogP contribution in [0.1, 0.15) is 42.9 Å². The van der Waals surface area contributed by atoms with Crippen LogP contribution in [0, 0.1) is 5.92 Å². The van der Waals surface area contributed by atoms with Gasteiger partial charge in [0.25, 0.3) is 0 Å². The molecule has 0 N–H and O–H groups in total. The highest BCUT2D eigenvalue weighted by Crippen LogP contribution is 2.42. The van der Waals surface area contributed by atoms with Gasteiger partial charge in [0, 0.05) is 12.5 Å². The smallest absolute Gasteiger partial charge is 0.335 e. The normalized spacial score (nSPS) is 23.1. The van der Waals surface area contributed by atoms with Crippen LogP contribution in [0.2, 0.25) is 0 Å². The van der Waals surface area contributed by atoms with E-state index in [1.165, 1.54) is 12.1 Å². The van der Waals surface area contributed by atoms with Crippen LogP contribution < -0.4 is 0 Å². The van der Waals surface area contributed by atoms with Crippen molar-refractivity contribution < 1.29 is 18.0 Å². The fourth-order valence-corrected chi connectivity index (χ4v) is 2.96. The third-order valence-electron chi connectivity index (χ3n) is 4.09. The Bertz CT molecular complexity index is 522. The lowest BCUT2D eigenvalue weighted by Crippen LogP contribution is -2.32. The topological polar surface area (TPSA) is 20.3 Å². The van der Waals surface area contributed by atoms with Gasteiger partial charge in [-0.2, -0.15) is 13.2 Å². The van der Waals surface area contributed by atoms with Crippen molar-refractivity contribution in [3.63, 3.8) is 0 Å². The standard InChI is InChI=1S/C15H16F3NO/c16-15(17,18)12-5-2-1-4-11(12)13-6-3-9-19(13)14(20)10-7-8-10/h1-2,4-5,10,13H,3,6-9H2/t13-/m1/s1.